The normalized spacial score (nSPS) is 15.5. The molecule has 116 valence electrons. The lowest BCUT2D eigenvalue weighted by atomic mass is 10.1. The summed E-state index contributed by atoms with van der Waals surface area (Å²) in [6.45, 7) is 6.26. The van der Waals surface area contributed by atoms with E-state index in [2.05, 4.69) is 12.1 Å². The average Bonchev–Trinajstić information content (AvgIpc) is 2.71. The molecule has 0 fully saturated rings. The Balaban J connectivity index is 2.29. The van der Waals surface area contributed by atoms with Crippen LogP contribution in [0.4, 0.5) is 4.79 Å². The van der Waals surface area contributed by atoms with Crippen molar-refractivity contribution in [2.75, 3.05) is 6.54 Å². The zero-order valence-corrected chi connectivity index (χ0v) is 13.4. The number of hydrogen-bond acceptors (Lipinski definition) is 3. The van der Waals surface area contributed by atoms with E-state index in [1.807, 2.05) is 32.9 Å². The number of hydrogen-bond donors (Lipinski definition) is 0. The van der Waals surface area contributed by atoms with Crippen LogP contribution in [-0.2, 0) is 4.74 Å². The summed E-state index contributed by atoms with van der Waals surface area (Å²) < 4.78 is 5.52. The van der Waals surface area contributed by atoms with Crippen LogP contribution in [0.3, 0.4) is 0 Å². The standard InChI is InChI=1S/C18H22N2O2/c1-18(2,3)22-17(21)20-12-6-4-5-7-16(20)15-10-8-14(13-19)9-11-15/h7-11H,4-6,12H2,1-3H3. The van der Waals surface area contributed by atoms with Crippen LogP contribution in [0.1, 0.15) is 51.2 Å². The molecule has 1 amide bonds. The van der Waals surface area contributed by atoms with Crippen molar-refractivity contribution in [2.24, 2.45) is 0 Å². The Morgan fingerprint density at radius 3 is 2.50 bits per heavy atom. The summed E-state index contributed by atoms with van der Waals surface area (Å²) in [7, 11) is 0. The Morgan fingerprint density at radius 1 is 1.23 bits per heavy atom. The maximum absolute atomic E-state index is 12.5. The van der Waals surface area contributed by atoms with Crippen molar-refractivity contribution in [3.05, 3.63) is 41.5 Å². The Hall–Kier alpha value is -2.28. The second-order valence-corrected chi connectivity index (χ2v) is 6.41. The van der Waals surface area contributed by atoms with E-state index in [1.54, 1.807) is 17.0 Å². The van der Waals surface area contributed by atoms with Crippen molar-refractivity contribution < 1.29 is 9.53 Å². The fourth-order valence-corrected chi connectivity index (χ4v) is 2.38. The highest BCUT2D eigenvalue weighted by molar-refractivity contribution is 5.82. The van der Waals surface area contributed by atoms with Gasteiger partial charge in [0, 0.05) is 6.54 Å². The quantitative estimate of drug-likeness (QED) is 0.775. The summed E-state index contributed by atoms with van der Waals surface area (Å²) in [5, 5.41) is 8.90. The molecule has 4 nitrogen and oxygen atoms in total. The lowest BCUT2D eigenvalue weighted by Crippen LogP contribution is -2.36. The van der Waals surface area contributed by atoms with Gasteiger partial charge in [0.05, 0.1) is 17.3 Å². The smallest absolute Gasteiger partial charge is 0.414 e. The third-order valence-corrected chi connectivity index (χ3v) is 3.39. The summed E-state index contributed by atoms with van der Waals surface area (Å²) >= 11 is 0. The molecule has 0 atom stereocenters. The molecule has 0 N–H and O–H groups in total. The van der Waals surface area contributed by atoms with Gasteiger partial charge >= 0.3 is 6.09 Å². The Bertz CT molecular complexity index is 603. The summed E-state index contributed by atoms with van der Waals surface area (Å²) in [6.07, 6.45) is 4.71. The molecule has 0 aromatic heterocycles. The zero-order chi connectivity index (χ0) is 16.2. The fraction of sp³-hybridized carbons (Fsp3) is 0.444. The first-order chi connectivity index (χ1) is 10.4. The highest BCUT2D eigenvalue weighted by Crippen LogP contribution is 2.26. The minimum Gasteiger partial charge on any atom is -0.443 e. The number of nitriles is 1. The Morgan fingerprint density at radius 2 is 1.91 bits per heavy atom. The lowest BCUT2D eigenvalue weighted by molar-refractivity contribution is 0.0354. The van der Waals surface area contributed by atoms with Gasteiger partial charge in [-0.15, -0.1) is 0 Å². The molecule has 22 heavy (non-hydrogen) atoms. The molecule has 4 heteroatoms. The molecule has 1 aromatic rings. The van der Waals surface area contributed by atoms with Gasteiger partial charge in [0.25, 0.3) is 0 Å². The summed E-state index contributed by atoms with van der Waals surface area (Å²) in [6, 6.07) is 9.42. The van der Waals surface area contributed by atoms with E-state index in [0.29, 0.717) is 12.1 Å². The van der Waals surface area contributed by atoms with Crippen LogP contribution in [0, 0.1) is 11.3 Å². The van der Waals surface area contributed by atoms with Crippen molar-refractivity contribution in [1.29, 1.82) is 5.26 Å². The Kier molecular flexibility index (Phi) is 4.87. The first-order valence-electron chi connectivity index (χ1n) is 7.62. The van der Waals surface area contributed by atoms with Gasteiger partial charge in [-0.1, -0.05) is 18.2 Å². The molecule has 1 heterocycles. The minimum atomic E-state index is -0.515. The molecule has 2 rings (SSSR count). The van der Waals surface area contributed by atoms with Crippen LogP contribution in [0.5, 0.6) is 0 Å². The predicted molar refractivity (Wildman–Crippen MR) is 85.9 cm³/mol. The molecule has 0 aliphatic carbocycles. The van der Waals surface area contributed by atoms with Gasteiger partial charge in [-0.3, -0.25) is 4.90 Å². The predicted octanol–water partition coefficient (Wildman–Crippen LogP) is 4.32. The van der Waals surface area contributed by atoms with Crippen LogP contribution in [0.2, 0.25) is 0 Å². The zero-order valence-electron chi connectivity index (χ0n) is 13.4. The van der Waals surface area contributed by atoms with Crippen LogP contribution >= 0.6 is 0 Å². The highest BCUT2D eigenvalue weighted by Gasteiger charge is 2.26. The molecule has 0 spiro atoms. The molecule has 0 saturated heterocycles. The van der Waals surface area contributed by atoms with E-state index in [-0.39, 0.29) is 6.09 Å². The first-order valence-corrected chi connectivity index (χ1v) is 7.62. The minimum absolute atomic E-state index is 0.315. The van der Waals surface area contributed by atoms with Crippen molar-refractivity contribution in [3.63, 3.8) is 0 Å². The van der Waals surface area contributed by atoms with E-state index < -0.39 is 5.60 Å². The molecule has 0 bridgehead atoms. The second kappa shape index (κ2) is 6.65. The van der Waals surface area contributed by atoms with Gasteiger partial charge in [-0.2, -0.15) is 5.26 Å². The van der Waals surface area contributed by atoms with Crippen LogP contribution in [0.15, 0.2) is 30.3 Å². The summed E-state index contributed by atoms with van der Waals surface area (Å²) in [5.74, 6) is 0. The van der Waals surface area contributed by atoms with Gasteiger partial charge in [-0.05, 0) is 57.7 Å². The molecular formula is C18H22N2O2. The number of nitrogens with zero attached hydrogens (tertiary/aromatic N) is 2. The molecule has 0 radical (unpaired) electrons. The number of carbonyl (C=O) groups is 1. The number of ether oxygens (including phenoxy) is 1. The average molecular weight is 298 g/mol. The van der Waals surface area contributed by atoms with E-state index in [9.17, 15) is 4.79 Å². The van der Waals surface area contributed by atoms with Crippen molar-refractivity contribution in [3.8, 4) is 6.07 Å². The maximum atomic E-state index is 12.5. The molecule has 1 aromatic carbocycles. The van der Waals surface area contributed by atoms with Gasteiger partial charge in [-0.25, -0.2) is 4.79 Å². The monoisotopic (exact) mass is 298 g/mol. The first kappa shape index (κ1) is 16.1. The van der Waals surface area contributed by atoms with Crippen molar-refractivity contribution >= 4 is 11.8 Å². The van der Waals surface area contributed by atoms with Gasteiger partial charge in [0.1, 0.15) is 5.60 Å². The largest absolute Gasteiger partial charge is 0.443 e. The lowest BCUT2D eigenvalue weighted by Gasteiger charge is -2.28. The molecule has 0 saturated carbocycles. The highest BCUT2D eigenvalue weighted by atomic mass is 16.6. The molecule has 1 aliphatic heterocycles. The Labute approximate surface area is 132 Å². The number of benzene rings is 1. The number of rotatable bonds is 1. The van der Waals surface area contributed by atoms with E-state index in [0.717, 1.165) is 30.5 Å². The van der Waals surface area contributed by atoms with Crippen molar-refractivity contribution in [2.45, 2.75) is 45.6 Å². The van der Waals surface area contributed by atoms with Crippen LogP contribution in [-0.4, -0.2) is 23.1 Å². The van der Waals surface area contributed by atoms with E-state index in [1.165, 1.54) is 0 Å². The third kappa shape index (κ3) is 4.11. The summed E-state index contributed by atoms with van der Waals surface area (Å²) in [4.78, 5) is 14.2. The van der Waals surface area contributed by atoms with E-state index in [4.69, 9.17) is 10.00 Å². The van der Waals surface area contributed by atoms with Gasteiger partial charge in [0.2, 0.25) is 0 Å². The van der Waals surface area contributed by atoms with E-state index >= 15 is 0 Å². The second-order valence-electron chi connectivity index (χ2n) is 6.41. The molecule has 0 unspecified atom stereocenters. The molecular weight excluding hydrogens is 276 g/mol. The number of allylic oxidation sites excluding steroid dienone is 1. The van der Waals surface area contributed by atoms with Gasteiger partial charge in [0.15, 0.2) is 0 Å². The van der Waals surface area contributed by atoms with Crippen molar-refractivity contribution in [1.82, 2.24) is 4.90 Å². The van der Waals surface area contributed by atoms with Crippen LogP contribution < -0.4 is 0 Å². The number of amides is 1. The topological polar surface area (TPSA) is 53.3 Å². The van der Waals surface area contributed by atoms with Crippen LogP contribution in [0.25, 0.3) is 5.70 Å². The fourth-order valence-electron chi connectivity index (χ4n) is 2.38. The number of carbonyl (C=O) groups excluding carboxylic acids is 1. The summed E-state index contributed by atoms with van der Waals surface area (Å²) in [5.41, 5.74) is 1.91. The SMILES string of the molecule is CC(C)(C)OC(=O)N1CCCCC=C1c1ccc(C#N)cc1. The molecule has 1 aliphatic rings. The maximum Gasteiger partial charge on any atom is 0.414 e. The van der Waals surface area contributed by atoms with Gasteiger partial charge < -0.3 is 4.74 Å². The third-order valence-electron chi connectivity index (χ3n) is 3.39.